The normalized spacial score (nSPS) is 14.8. The van der Waals surface area contributed by atoms with Gasteiger partial charge in [0.15, 0.2) is 0 Å². The Balaban J connectivity index is 1.38. The zero-order chi connectivity index (χ0) is 25.8. The molecule has 8 rings (SSSR count). The quantitative estimate of drug-likeness (QED) is 0.273. The van der Waals surface area contributed by atoms with Crippen LogP contribution in [0.15, 0.2) is 143 Å². The van der Waals surface area contributed by atoms with Crippen LogP contribution in [-0.4, -0.2) is 0 Å². The average Bonchev–Trinajstić information content (AvgIpc) is 3.37. The van der Waals surface area contributed by atoms with E-state index in [2.05, 4.69) is 133 Å². The molecule has 0 aliphatic carbocycles. The zero-order valence-corrected chi connectivity index (χ0v) is 21.1. The van der Waals surface area contributed by atoms with Crippen molar-refractivity contribution in [2.45, 2.75) is 6.17 Å². The Labute approximate surface area is 225 Å². The van der Waals surface area contributed by atoms with Gasteiger partial charge in [0.2, 0.25) is 0 Å². The van der Waals surface area contributed by atoms with Crippen molar-refractivity contribution in [2.24, 2.45) is 4.99 Å². The van der Waals surface area contributed by atoms with E-state index < -0.39 is 0 Å². The van der Waals surface area contributed by atoms with Gasteiger partial charge in [0.25, 0.3) is 0 Å². The van der Waals surface area contributed by atoms with Gasteiger partial charge in [-0.3, -0.25) is 4.99 Å². The number of benzene rings is 6. The van der Waals surface area contributed by atoms with Gasteiger partial charge in [-0.05, 0) is 57.8 Å². The molecule has 1 unspecified atom stereocenters. The van der Waals surface area contributed by atoms with E-state index >= 15 is 0 Å². The van der Waals surface area contributed by atoms with Crippen LogP contribution in [0, 0.1) is 0 Å². The maximum Gasteiger partial charge on any atom is 0.145 e. The van der Waals surface area contributed by atoms with Crippen LogP contribution >= 0.6 is 0 Å². The fourth-order valence-electron chi connectivity index (χ4n) is 5.80. The lowest BCUT2D eigenvalue weighted by Crippen LogP contribution is -2.39. The molecule has 3 nitrogen and oxygen atoms in total. The summed E-state index contributed by atoms with van der Waals surface area (Å²) < 4.78 is 6.56. The van der Waals surface area contributed by atoms with E-state index in [0.29, 0.717) is 0 Å². The standard InChI is InChI=1S/C36H24N2O/c1-3-11-23(12-4-1)29-20-27(22-33-34(29)30-19-25-15-7-8-16-26(25)21-32(30)39-33)36-37-31-18-10-9-17-28(31)35(38-36)24-13-5-2-6-14-24/h1-22,36,38H. The number of furan rings is 1. The zero-order valence-electron chi connectivity index (χ0n) is 21.1. The summed E-state index contributed by atoms with van der Waals surface area (Å²) in [7, 11) is 0. The molecule has 7 aromatic rings. The number of para-hydroxylation sites is 1. The number of nitrogens with one attached hydrogen (secondary N) is 1. The second-order valence-corrected chi connectivity index (χ2v) is 10.0. The van der Waals surface area contributed by atoms with Crippen molar-refractivity contribution in [3.8, 4) is 11.1 Å². The topological polar surface area (TPSA) is 37.5 Å². The monoisotopic (exact) mass is 500 g/mol. The Morgan fingerprint density at radius 2 is 1.26 bits per heavy atom. The molecule has 0 radical (unpaired) electrons. The Hall–Kier alpha value is -5.15. The van der Waals surface area contributed by atoms with Crippen molar-refractivity contribution >= 4 is 38.4 Å². The third kappa shape index (κ3) is 3.63. The molecule has 184 valence electrons. The molecule has 39 heavy (non-hydrogen) atoms. The van der Waals surface area contributed by atoms with Gasteiger partial charge in [0.05, 0.1) is 11.1 Å². The van der Waals surface area contributed by atoms with Crippen LogP contribution in [0.4, 0.5) is 0 Å². The number of nitrogens with zero attached hydrogens (tertiary/aromatic N) is 1. The SMILES string of the molecule is c1ccc(C2=c3ccccc3=NC(c3cc(-c4ccccc4)c4c(c3)oc3cc5ccccc5cc34)N2)cc1. The smallest absolute Gasteiger partial charge is 0.145 e. The van der Waals surface area contributed by atoms with Crippen molar-refractivity contribution in [2.75, 3.05) is 0 Å². The highest BCUT2D eigenvalue weighted by Crippen LogP contribution is 2.40. The van der Waals surface area contributed by atoms with Crippen LogP contribution in [0.1, 0.15) is 17.3 Å². The fraction of sp³-hybridized carbons (Fsp3) is 0.0278. The Bertz CT molecular complexity index is 2140. The van der Waals surface area contributed by atoms with Crippen LogP contribution in [-0.2, 0) is 0 Å². The summed E-state index contributed by atoms with van der Waals surface area (Å²) in [5.41, 5.74) is 7.36. The maximum atomic E-state index is 6.56. The molecule has 0 spiro atoms. The second kappa shape index (κ2) is 8.71. The Kier molecular flexibility index (Phi) is 4.89. The van der Waals surface area contributed by atoms with Crippen molar-refractivity contribution in [1.29, 1.82) is 0 Å². The van der Waals surface area contributed by atoms with Crippen LogP contribution in [0.3, 0.4) is 0 Å². The molecule has 1 N–H and O–H groups in total. The first-order valence-corrected chi connectivity index (χ1v) is 13.3. The number of hydrogen-bond acceptors (Lipinski definition) is 3. The van der Waals surface area contributed by atoms with Crippen molar-refractivity contribution < 1.29 is 4.42 Å². The maximum absolute atomic E-state index is 6.56. The lowest BCUT2D eigenvalue weighted by Gasteiger charge is -2.23. The van der Waals surface area contributed by atoms with E-state index in [4.69, 9.17) is 9.41 Å². The summed E-state index contributed by atoms with van der Waals surface area (Å²) in [6.45, 7) is 0. The molecule has 1 aliphatic heterocycles. The van der Waals surface area contributed by atoms with Gasteiger partial charge < -0.3 is 9.73 Å². The Morgan fingerprint density at radius 1 is 0.590 bits per heavy atom. The molecule has 3 heteroatoms. The van der Waals surface area contributed by atoms with E-state index in [0.717, 1.165) is 60.5 Å². The molecule has 0 bridgehead atoms. The van der Waals surface area contributed by atoms with E-state index in [1.807, 2.05) is 6.07 Å². The molecule has 0 saturated carbocycles. The summed E-state index contributed by atoms with van der Waals surface area (Å²) >= 11 is 0. The van der Waals surface area contributed by atoms with Gasteiger partial charge in [0, 0.05) is 21.6 Å². The molecule has 1 atom stereocenters. The average molecular weight is 501 g/mol. The first-order valence-electron chi connectivity index (χ1n) is 13.3. The van der Waals surface area contributed by atoms with Gasteiger partial charge in [-0.1, -0.05) is 103 Å². The molecule has 0 fully saturated rings. The van der Waals surface area contributed by atoms with Gasteiger partial charge in [-0.2, -0.15) is 0 Å². The van der Waals surface area contributed by atoms with Crippen molar-refractivity contribution in [3.63, 3.8) is 0 Å². The summed E-state index contributed by atoms with van der Waals surface area (Å²) in [5, 5.41) is 10.5. The van der Waals surface area contributed by atoms with Gasteiger partial charge in [0.1, 0.15) is 17.3 Å². The summed E-state index contributed by atoms with van der Waals surface area (Å²) in [6.07, 6.45) is -0.255. The second-order valence-electron chi connectivity index (χ2n) is 10.0. The lowest BCUT2D eigenvalue weighted by atomic mass is 9.95. The molecule has 1 aliphatic rings. The lowest BCUT2D eigenvalue weighted by molar-refractivity contribution is 0.629. The van der Waals surface area contributed by atoms with Crippen molar-refractivity contribution in [1.82, 2.24) is 5.32 Å². The highest BCUT2D eigenvalue weighted by molar-refractivity contribution is 6.15. The van der Waals surface area contributed by atoms with E-state index in [1.54, 1.807) is 0 Å². The predicted molar refractivity (Wildman–Crippen MR) is 159 cm³/mol. The molecule has 0 saturated heterocycles. The van der Waals surface area contributed by atoms with Gasteiger partial charge in [-0.25, -0.2) is 0 Å². The summed E-state index contributed by atoms with van der Waals surface area (Å²) in [4.78, 5) is 5.16. The third-order valence-electron chi connectivity index (χ3n) is 7.65. The van der Waals surface area contributed by atoms with Gasteiger partial charge >= 0.3 is 0 Å². The summed E-state index contributed by atoms with van der Waals surface area (Å²) in [5.74, 6) is 0. The minimum Gasteiger partial charge on any atom is -0.456 e. The van der Waals surface area contributed by atoms with Crippen LogP contribution in [0.25, 0.3) is 49.5 Å². The largest absolute Gasteiger partial charge is 0.456 e. The number of fused-ring (bicyclic) bond motifs is 5. The molecule has 2 heterocycles. The first-order chi connectivity index (χ1) is 19.3. The molecule has 0 amide bonds. The third-order valence-corrected chi connectivity index (χ3v) is 7.65. The Morgan fingerprint density at radius 3 is 2.05 bits per heavy atom. The van der Waals surface area contributed by atoms with Crippen LogP contribution in [0.2, 0.25) is 0 Å². The number of hydrogen-bond donors (Lipinski definition) is 1. The van der Waals surface area contributed by atoms with Crippen LogP contribution in [0.5, 0.6) is 0 Å². The number of rotatable bonds is 3. The van der Waals surface area contributed by atoms with E-state index in [9.17, 15) is 0 Å². The molecule has 1 aromatic heterocycles. The van der Waals surface area contributed by atoms with Gasteiger partial charge in [-0.15, -0.1) is 0 Å². The highest BCUT2D eigenvalue weighted by Gasteiger charge is 2.22. The predicted octanol–water partition coefficient (Wildman–Crippen LogP) is 7.48. The van der Waals surface area contributed by atoms with Crippen LogP contribution < -0.4 is 15.9 Å². The molecule has 6 aromatic carbocycles. The highest BCUT2D eigenvalue weighted by atomic mass is 16.3. The minimum atomic E-state index is -0.255. The van der Waals surface area contributed by atoms with E-state index in [1.165, 1.54) is 10.8 Å². The van der Waals surface area contributed by atoms with E-state index in [-0.39, 0.29) is 6.17 Å². The summed E-state index contributed by atoms with van der Waals surface area (Å²) in [6, 6.07) is 46.7. The van der Waals surface area contributed by atoms with Crippen molar-refractivity contribution in [3.05, 3.63) is 155 Å². The minimum absolute atomic E-state index is 0.255. The molecular formula is C36H24N2O. The fourth-order valence-corrected chi connectivity index (χ4v) is 5.80. The molecular weight excluding hydrogens is 476 g/mol. The first kappa shape index (κ1) is 21.9.